The lowest BCUT2D eigenvalue weighted by molar-refractivity contribution is -0.149. The fourth-order valence-corrected chi connectivity index (χ4v) is 6.82. The van der Waals surface area contributed by atoms with Gasteiger partial charge in [-0.2, -0.15) is 0 Å². The second-order valence-electron chi connectivity index (χ2n) is 10.9. The maximum atomic E-state index is 13.8. The van der Waals surface area contributed by atoms with Crippen LogP contribution in [0.25, 0.3) is 16.5 Å². The van der Waals surface area contributed by atoms with Gasteiger partial charge in [0, 0.05) is 41.5 Å². The molecule has 2 aromatic carbocycles. The summed E-state index contributed by atoms with van der Waals surface area (Å²) in [6.07, 6.45) is 1.29. The normalized spacial score (nSPS) is 28.6. The third-order valence-electron chi connectivity index (χ3n) is 8.90. The van der Waals surface area contributed by atoms with Gasteiger partial charge in [-0.3, -0.25) is 19.3 Å². The van der Waals surface area contributed by atoms with Crippen LogP contribution in [0, 0.1) is 11.8 Å². The minimum Gasteiger partial charge on any atom is -0.508 e. The number of fused-ring (bicyclic) bond motifs is 4. The number of ketones is 2. The minimum absolute atomic E-state index is 0.0409. The van der Waals surface area contributed by atoms with E-state index in [0.29, 0.717) is 16.6 Å². The molecule has 0 unspecified atom stereocenters. The molecule has 1 saturated carbocycles. The average Bonchev–Trinajstić information content (AvgIpc) is 2.87. The Kier molecular flexibility index (Phi) is 5.55. The van der Waals surface area contributed by atoms with Crippen LogP contribution in [-0.4, -0.2) is 74.6 Å². The van der Waals surface area contributed by atoms with Crippen molar-refractivity contribution in [1.82, 2.24) is 4.90 Å². The number of benzene rings is 2. The van der Waals surface area contributed by atoms with Crippen molar-refractivity contribution < 1.29 is 34.8 Å². The standard InChI is InChI=1S/C28H30N4O7/c1-31-21-13-4-3-11(10-32-5-2-6-32)7-14(13)22(33)18-15(21)8-12-9-16-20(29)24(35)19(27(30)38)26(37)28(16,39)25(36)17(12)23(18)34/h3-4,7,12,16,20,31,33-34,37,39H,2,5-6,8-10,29H2,1H3,(H2,30,38)/t12-,16-,20-,28-/m0/s1. The Bertz CT molecular complexity index is 1560. The van der Waals surface area contributed by atoms with Crippen LogP contribution < -0.4 is 16.8 Å². The topological polar surface area (TPSA) is 199 Å². The van der Waals surface area contributed by atoms with E-state index < -0.39 is 58.0 Å². The lowest BCUT2D eigenvalue weighted by Gasteiger charge is -2.48. The number of hydrogen-bond acceptors (Lipinski definition) is 10. The van der Waals surface area contributed by atoms with Crippen LogP contribution in [0.3, 0.4) is 0 Å². The first-order chi connectivity index (χ1) is 18.5. The lowest BCUT2D eigenvalue weighted by Crippen LogP contribution is -2.65. The highest BCUT2D eigenvalue weighted by atomic mass is 16.3. The van der Waals surface area contributed by atoms with E-state index in [0.717, 1.165) is 37.0 Å². The van der Waals surface area contributed by atoms with Gasteiger partial charge in [-0.25, -0.2) is 0 Å². The van der Waals surface area contributed by atoms with Crippen LogP contribution in [0.2, 0.25) is 0 Å². The van der Waals surface area contributed by atoms with Gasteiger partial charge < -0.3 is 37.2 Å². The summed E-state index contributed by atoms with van der Waals surface area (Å²) < 4.78 is 0. The van der Waals surface area contributed by atoms with Crippen LogP contribution in [0.15, 0.2) is 35.1 Å². The lowest BCUT2D eigenvalue weighted by atomic mass is 9.57. The zero-order valence-corrected chi connectivity index (χ0v) is 21.3. The number of aliphatic hydroxyl groups excluding tert-OH is 2. The van der Waals surface area contributed by atoms with Crippen molar-refractivity contribution in [2.45, 2.75) is 37.5 Å². The molecule has 1 saturated heterocycles. The number of carbonyl (C=O) groups excluding carboxylic acids is 3. The number of phenolic OH excluding ortho intramolecular Hbond substituents is 1. The molecule has 0 radical (unpaired) electrons. The van der Waals surface area contributed by atoms with E-state index in [1.807, 2.05) is 18.2 Å². The quantitative estimate of drug-likeness (QED) is 0.217. The fraction of sp³-hybridized carbons (Fsp3) is 0.393. The summed E-state index contributed by atoms with van der Waals surface area (Å²) in [4.78, 5) is 40.8. The SMILES string of the molecule is CNc1c2c(c(O)c3cc(CN4CCC4)ccc13)C(O)=C1C(=O)[C@]3(O)C(O)=C(C(N)=O)C(=O)[C@@H](N)[C@@H]3C[C@@H]1C2. The monoisotopic (exact) mass is 534 g/mol. The Balaban J connectivity index is 1.55. The molecule has 11 nitrogen and oxygen atoms in total. The molecular formula is C28H30N4O7. The molecule has 2 fully saturated rings. The molecule has 9 N–H and O–H groups in total. The Morgan fingerprint density at radius 2 is 1.90 bits per heavy atom. The Hall–Kier alpha value is -3.93. The van der Waals surface area contributed by atoms with Crippen molar-refractivity contribution in [3.63, 3.8) is 0 Å². The minimum atomic E-state index is -2.72. The largest absolute Gasteiger partial charge is 0.508 e. The van der Waals surface area contributed by atoms with Crippen LogP contribution in [0.5, 0.6) is 5.75 Å². The third-order valence-corrected chi connectivity index (χ3v) is 8.90. The molecule has 0 bridgehead atoms. The molecule has 204 valence electrons. The summed E-state index contributed by atoms with van der Waals surface area (Å²) in [5.74, 6) is -7.17. The van der Waals surface area contributed by atoms with Gasteiger partial charge in [0.25, 0.3) is 5.91 Å². The summed E-state index contributed by atoms with van der Waals surface area (Å²) in [7, 11) is 1.73. The number of carbonyl (C=O) groups is 3. The summed E-state index contributed by atoms with van der Waals surface area (Å²) in [5, 5.41) is 49.6. The van der Waals surface area contributed by atoms with Crippen molar-refractivity contribution in [1.29, 1.82) is 0 Å². The molecule has 6 rings (SSSR count). The van der Waals surface area contributed by atoms with E-state index in [4.69, 9.17) is 11.5 Å². The molecule has 11 heteroatoms. The van der Waals surface area contributed by atoms with Gasteiger partial charge in [-0.1, -0.05) is 12.1 Å². The van der Waals surface area contributed by atoms with E-state index in [9.17, 15) is 34.8 Å². The summed E-state index contributed by atoms with van der Waals surface area (Å²) in [6.45, 7) is 2.73. The molecule has 4 atom stereocenters. The Labute approximate surface area is 223 Å². The van der Waals surface area contributed by atoms with E-state index in [-0.39, 0.29) is 29.7 Å². The van der Waals surface area contributed by atoms with Crippen LogP contribution in [0.1, 0.15) is 29.5 Å². The van der Waals surface area contributed by atoms with Crippen LogP contribution in [-0.2, 0) is 27.3 Å². The van der Waals surface area contributed by atoms with Gasteiger partial charge in [-0.15, -0.1) is 0 Å². The first-order valence-corrected chi connectivity index (χ1v) is 12.9. The van der Waals surface area contributed by atoms with Crippen molar-refractivity contribution in [3.8, 4) is 5.75 Å². The highest BCUT2D eigenvalue weighted by Gasteiger charge is 2.63. The van der Waals surface area contributed by atoms with Crippen molar-refractivity contribution in [2.75, 3.05) is 25.5 Å². The van der Waals surface area contributed by atoms with Gasteiger partial charge in [-0.05, 0) is 55.5 Å². The summed E-state index contributed by atoms with van der Waals surface area (Å²) >= 11 is 0. The van der Waals surface area contributed by atoms with Crippen LogP contribution in [0.4, 0.5) is 5.69 Å². The first kappa shape index (κ1) is 25.4. The fourth-order valence-electron chi connectivity index (χ4n) is 6.82. The predicted octanol–water partition coefficient (Wildman–Crippen LogP) is 0.762. The van der Waals surface area contributed by atoms with Gasteiger partial charge in [0.05, 0.1) is 11.6 Å². The molecule has 1 aliphatic heterocycles. The first-order valence-electron chi connectivity index (χ1n) is 12.9. The molecule has 1 heterocycles. The van der Waals surface area contributed by atoms with Crippen molar-refractivity contribution >= 4 is 39.7 Å². The molecule has 3 aliphatic carbocycles. The maximum Gasteiger partial charge on any atom is 0.255 e. The molecule has 4 aliphatic rings. The number of nitrogens with two attached hydrogens (primary N) is 2. The number of aliphatic hydroxyl groups is 3. The predicted molar refractivity (Wildman–Crippen MR) is 142 cm³/mol. The number of likely N-dealkylation sites (tertiary alicyclic amines) is 1. The number of aromatic hydroxyl groups is 1. The summed E-state index contributed by atoms with van der Waals surface area (Å²) in [5.41, 5.74) is 9.80. The number of hydrogen-bond donors (Lipinski definition) is 7. The van der Waals surface area contributed by atoms with E-state index in [1.54, 1.807) is 7.05 Å². The number of Topliss-reactive ketones (excluding diaryl/α,β-unsaturated/α-hetero) is 2. The Morgan fingerprint density at radius 3 is 2.51 bits per heavy atom. The van der Waals surface area contributed by atoms with Crippen LogP contribution >= 0.6 is 0 Å². The van der Waals surface area contributed by atoms with Gasteiger partial charge in [0.15, 0.2) is 11.4 Å². The maximum absolute atomic E-state index is 13.8. The molecule has 39 heavy (non-hydrogen) atoms. The number of nitrogens with zero attached hydrogens (tertiary/aromatic N) is 1. The number of amides is 1. The zero-order chi connectivity index (χ0) is 28.0. The number of nitrogens with one attached hydrogen (secondary N) is 1. The highest BCUT2D eigenvalue weighted by molar-refractivity contribution is 6.24. The average molecular weight is 535 g/mol. The second-order valence-corrected chi connectivity index (χ2v) is 10.9. The highest BCUT2D eigenvalue weighted by Crippen LogP contribution is 2.54. The van der Waals surface area contributed by atoms with E-state index in [1.165, 1.54) is 0 Å². The molecule has 1 amide bonds. The molecule has 0 aromatic heterocycles. The van der Waals surface area contributed by atoms with Gasteiger partial charge in [0.1, 0.15) is 22.8 Å². The molecule has 0 spiro atoms. The van der Waals surface area contributed by atoms with E-state index >= 15 is 0 Å². The number of anilines is 1. The van der Waals surface area contributed by atoms with Crippen molar-refractivity contribution in [3.05, 3.63) is 51.8 Å². The second kappa shape index (κ2) is 8.54. The number of rotatable bonds is 4. The van der Waals surface area contributed by atoms with Crippen molar-refractivity contribution in [2.24, 2.45) is 23.3 Å². The number of phenols is 1. The summed E-state index contributed by atoms with van der Waals surface area (Å²) in [6, 6.07) is 4.31. The smallest absolute Gasteiger partial charge is 0.255 e. The molecule has 2 aromatic rings. The third kappa shape index (κ3) is 3.30. The zero-order valence-electron chi connectivity index (χ0n) is 21.3. The molecular weight excluding hydrogens is 504 g/mol. The van der Waals surface area contributed by atoms with Gasteiger partial charge in [0.2, 0.25) is 5.78 Å². The van der Waals surface area contributed by atoms with Gasteiger partial charge >= 0.3 is 0 Å². The Morgan fingerprint density at radius 1 is 1.18 bits per heavy atom. The van der Waals surface area contributed by atoms with E-state index in [2.05, 4.69) is 10.2 Å². The number of primary amides is 1.